The van der Waals surface area contributed by atoms with Crippen LogP contribution >= 0.6 is 0 Å². The molecule has 0 bridgehead atoms. The first-order valence-corrected chi connectivity index (χ1v) is 4.46. The summed E-state index contributed by atoms with van der Waals surface area (Å²) < 4.78 is 0. The van der Waals surface area contributed by atoms with Gasteiger partial charge in [-0.15, -0.1) is 6.58 Å². The van der Waals surface area contributed by atoms with Crippen LogP contribution in [0.5, 0.6) is 0 Å². The Balaban J connectivity index is 2.73. The normalized spacial score (nSPS) is 12.1. The average Bonchev–Trinajstić information content (AvgIpc) is 2.18. The average molecular weight is 174 g/mol. The minimum absolute atomic E-state index is 0.0416. The molecule has 0 aliphatic heterocycles. The number of carbonyl (C=O) groups is 1. The van der Waals surface area contributed by atoms with Crippen LogP contribution in [-0.4, -0.2) is 5.78 Å². The lowest BCUT2D eigenvalue weighted by Gasteiger charge is -2.06. The summed E-state index contributed by atoms with van der Waals surface area (Å²) in [5, 5.41) is 0. The van der Waals surface area contributed by atoms with Crippen LogP contribution in [0.4, 0.5) is 0 Å². The maximum absolute atomic E-state index is 11.7. The van der Waals surface area contributed by atoms with E-state index in [9.17, 15) is 4.79 Å². The molecule has 0 aliphatic rings. The molecule has 0 amide bonds. The van der Waals surface area contributed by atoms with Crippen LogP contribution in [0, 0.1) is 5.92 Å². The van der Waals surface area contributed by atoms with Gasteiger partial charge < -0.3 is 0 Å². The van der Waals surface area contributed by atoms with E-state index in [0.717, 1.165) is 12.0 Å². The van der Waals surface area contributed by atoms with Crippen molar-refractivity contribution < 1.29 is 4.79 Å². The maximum atomic E-state index is 11.7. The van der Waals surface area contributed by atoms with Gasteiger partial charge in [-0.3, -0.25) is 4.79 Å². The number of carbonyl (C=O) groups excluding carboxylic acids is 1. The van der Waals surface area contributed by atoms with Crippen LogP contribution < -0.4 is 0 Å². The van der Waals surface area contributed by atoms with Gasteiger partial charge in [0.1, 0.15) is 0 Å². The van der Waals surface area contributed by atoms with Crippen molar-refractivity contribution >= 4 is 5.78 Å². The van der Waals surface area contributed by atoms with Crippen LogP contribution in [0.25, 0.3) is 0 Å². The molecule has 0 unspecified atom stereocenters. The van der Waals surface area contributed by atoms with Gasteiger partial charge in [0.25, 0.3) is 0 Å². The molecule has 0 radical (unpaired) electrons. The van der Waals surface area contributed by atoms with Crippen molar-refractivity contribution in [1.82, 2.24) is 0 Å². The number of hydrogen-bond donors (Lipinski definition) is 0. The van der Waals surface area contributed by atoms with Crippen molar-refractivity contribution in [2.24, 2.45) is 5.92 Å². The maximum Gasteiger partial charge on any atom is 0.165 e. The standard InChI is InChI=1S/C12H14O/c1-3-7-10(2)12(13)11-8-5-4-6-9-11/h3-6,8-10H,1,7H2,2H3/t10-/m1/s1. The Hall–Kier alpha value is -1.37. The Morgan fingerprint density at radius 3 is 2.62 bits per heavy atom. The molecule has 13 heavy (non-hydrogen) atoms. The number of hydrogen-bond acceptors (Lipinski definition) is 1. The van der Waals surface area contributed by atoms with Gasteiger partial charge >= 0.3 is 0 Å². The first kappa shape index (κ1) is 9.72. The molecule has 1 nitrogen and oxygen atoms in total. The SMILES string of the molecule is C=CC[C@@H](C)C(=O)c1ccccc1. The molecule has 1 aromatic rings. The van der Waals surface area contributed by atoms with Crippen molar-refractivity contribution in [3.8, 4) is 0 Å². The van der Waals surface area contributed by atoms with Gasteiger partial charge in [-0.25, -0.2) is 0 Å². The molecule has 0 aromatic heterocycles. The van der Waals surface area contributed by atoms with Crippen molar-refractivity contribution in [1.29, 1.82) is 0 Å². The summed E-state index contributed by atoms with van der Waals surface area (Å²) in [6.45, 7) is 5.55. The highest BCUT2D eigenvalue weighted by Gasteiger charge is 2.12. The molecular formula is C12H14O. The third-order valence-electron chi connectivity index (χ3n) is 2.03. The molecule has 1 rings (SSSR count). The first-order chi connectivity index (χ1) is 6.25. The highest BCUT2D eigenvalue weighted by Crippen LogP contribution is 2.11. The van der Waals surface area contributed by atoms with Crippen molar-refractivity contribution in [3.63, 3.8) is 0 Å². The highest BCUT2D eigenvalue weighted by atomic mass is 16.1. The smallest absolute Gasteiger partial charge is 0.165 e. The number of rotatable bonds is 4. The van der Waals surface area contributed by atoms with E-state index < -0.39 is 0 Å². The zero-order chi connectivity index (χ0) is 9.68. The Bertz CT molecular complexity index is 287. The monoisotopic (exact) mass is 174 g/mol. The Morgan fingerprint density at radius 2 is 2.08 bits per heavy atom. The summed E-state index contributed by atoms with van der Waals surface area (Å²) in [6.07, 6.45) is 2.53. The summed E-state index contributed by atoms with van der Waals surface area (Å²) in [5.74, 6) is 0.236. The lowest BCUT2D eigenvalue weighted by Crippen LogP contribution is -2.09. The fourth-order valence-electron chi connectivity index (χ4n) is 1.24. The largest absolute Gasteiger partial charge is 0.294 e. The van der Waals surface area contributed by atoms with Crippen molar-refractivity contribution in [2.45, 2.75) is 13.3 Å². The number of ketones is 1. The van der Waals surface area contributed by atoms with E-state index in [-0.39, 0.29) is 11.7 Å². The summed E-state index contributed by atoms with van der Waals surface area (Å²) in [7, 11) is 0. The van der Waals surface area contributed by atoms with Gasteiger partial charge in [0.05, 0.1) is 0 Å². The van der Waals surface area contributed by atoms with E-state index >= 15 is 0 Å². The lowest BCUT2D eigenvalue weighted by molar-refractivity contribution is 0.0931. The van der Waals surface area contributed by atoms with Crippen LogP contribution in [0.3, 0.4) is 0 Å². The molecule has 0 spiro atoms. The molecule has 0 heterocycles. The topological polar surface area (TPSA) is 17.1 Å². The summed E-state index contributed by atoms with van der Waals surface area (Å²) >= 11 is 0. The van der Waals surface area contributed by atoms with E-state index in [2.05, 4.69) is 6.58 Å². The van der Waals surface area contributed by atoms with E-state index in [1.54, 1.807) is 6.08 Å². The van der Waals surface area contributed by atoms with Gasteiger partial charge in [0.15, 0.2) is 5.78 Å². The predicted octanol–water partition coefficient (Wildman–Crippen LogP) is 3.08. The molecule has 1 aromatic carbocycles. The molecule has 0 saturated heterocycles. The second-order valence-electron chi connectivity index (χ2n) is 3.16. The second-order valence-corrected chi connectivity index (χ2v) is 3.16. The zero-order valence-electron chi connectivity index (χ0n) is 7.86. The molecule has 0 fully saturated rings. The van der Waals surface area contributed by atoms with Gasteiger partial charge in [-0.2, -0.15) is 0 Å². The van der Waals surface area contributed by atoms with Crippen LogP contribution in [0.1, 0.15) is 23.7 Å². The minimum atomic E-state index is 0.0416. The number of allylic oxidation sites excluding steroid dienone is 1. The van der Waals surface area contributed by atoms with Gasteiger partial charge in [-0.05, 0) is 6.42 Å². The fraction of sp³-hybridized carbons (Fsp3) is 0.250. The Labute approximate surface area is 79.1 Å². The summed E-state index contributed by atoms with van der Waals surface area (Å²) in [6, 6.07) is 9.38. The number of Topliss-reactive ketones (excluding diaryl/α,β-unsaturated/α-hetero) is 1. The third-order valence-corrected chi connectivity index (χ3v) is 2.03. The second kappa shape index (κ2) is 4.61. The first-order valence-electron chi connectivity index (χ1n) is 4.46. The lowest BCUT2D eigenvalue weighted by atomic mass is 9.97. The number of benzene rings is 1. The summed E-state index contributed by atoms with van der Waals surface area (Å²) in [4.78, 5) is 11.7. The summed E-state index contributed by atoms with van der Waals surface area (Å²) in [5.41, 5.74) is 0.789. The van der Waals surface area contributed by atoms with Crippen molar-refractivity contribution in [2.75, 3.05) is 0 Å². The predicted molar refractivity (Wildman–Crippen MR) is 54.8 cm³/mol. The van der Waals surface area contributed by atoms with Crippen molar-refractivity contribution in [3.05, 3.63) is 48.6 Å². The fourth-order valence-corrected chi connectivity index (χ4v) is 1.24. The van der Waals surface area contributed by atoms with Gasteiger partial charge in [0.2, 0.25) is 0 Å². The Kier molecular flexibility index (Phi) is 3.44. The van der Waals surface area contributed by atoms with E-state index in [4.69, 9.17) is 0 Å². The minimum Gasteiger partial charge on any atom is -0.294 e. The molecule has 68 valence electrons. The van der Waals surface area contributed by atoms with Gasteiger partial charge in [0, 0.05) is 11.5 Å². The molecule has 0 N–H and O–H groups in total. The molecular weight excluding hydrogens is 160 g/mol. The molecule has 1 heteroatoms. The van der Waals surface area contributed by atoms with Crippen LogP contribution in [-0.2, 0) is 0 Å². The van der Waals surface area contributed by atoms with E-state index in [0.29, 0.717) is 0 Å². The third kappa shape index (κ3) is 2.55. The molecule has 1 atom stereocenters. The van der Waals surface area contributed by atoms with Crippen LogP contribution in [0.15, 0.2) is 43.0 Å². The van der Waals surface area contributed by atoms with E-state index in [1.165, 1.54) is 0 Å². The Morgan fingerprint density at radius 1 is 1.46 bits per heavy atom. The quantitative estimate of drug-likeness (QED) is 0.506. The zero-order valence-corrected chi connectivity index (χ0v) is 7.86. The highest BCUT2D eigenvalue weighted by molar-refractivity contribution is 5.97. The van der Waals surface area contributed by atoms with Crippen LogP contribution in [0.2, 0.25) is 0 Å². The molecule has 0 saturated carbocycles. The molecule has 0 aliphatic carbocycles. The van der Waals surface area contributed by atoms with E-state index in [1.807, 2.05) is 37.3 Å². The van der Waals surface area contributed by atoms with Gasteiger partial charge in [-0.1, -0.05) is 43.3 Å².